The van der Waals surface area contributed by atoms with E-state index < -0.39 is 10.2 Å². The topological polar surface area (TPSA) is 61.9 Å². The van der Waals surface area contributed by atoms with Gasteiger partial charge in [-0.1, -0.05) is 30.3 Å². The molecule has 0 bridgehead atoms. The van der Waals surface area contributed by atoms with Gasteiger partial charge in [0.2, 0.25) is 0 Å². The Morgan fingerprint density at radius 3 is 2.28 bits per heavy atom. The molecule has 0 amide bonds. The average Bonchev–Trinajstić information content (AvgIpc) is 2.60. The number of piperidine rings is 1. The highest BCUT2D eigenvalue weighted by atomic mass is 32.2. The van der Waals surface area contributed by atoms with Gasteiger partial charge in [0.25, 0.3) is 10.2 Å². The van der Waals surface area contributed by atoms with E-state index >= 15 is 0 Å². The molecule has 3 rings (SSSR count). The molecule has 2 saturated heterocycles. The molecule has 1 N–H and O–H groups in total. The van der Waals surface area contributed by atoms with Crippen LogP contribution in [0.4, 0.5) is 0 Å². The van der Waals surface area contributed by atoms with Gasteiger partial charge in [0, 0.05) is 38.8 Å². The van der Waals surface area contributed by atoms with Crippen molar-refractivity contribution in [3.63, 3.8) is 0 Å². The second kappa shape index (κ2) is 8.14. The minimum atomic E-state index is -3.42. The molecule has 2 aliphatic heterocycles. The molecule has 7 heteroatoms. The first-order valence-corrected chi connectivity index (χ1v) is 10.6. The van der Waals surface area contributed by atoms with Crippen LogP contribution in [-0.4, -0.2) is 62.1 Å². The van der Waals surface area contributed by atoms with Gasteiger partial charge in [0.15, 0.2) is 0 Å². The molecule has 6 nitrogen and oxygen atoms in total. The molecular formula is C18H29N3O3S. The number of ether oxygens (including phenoxy) is 1. The van der Waals surface area contributed by atoms with Crippen LogP contribution in [0.5, 0.6) is 0 Å². The monoisotopic (exact) mass is 367 g/mol. The zero-order chi connectivity index (χ0) is 17.9. The van der Waals surface area contributed by atoms with Crippen LogP contribution < -0.4 is 4.72 Å². The fourth-order valence-electron chi connectivity index (χ4n) is 3.83. The molecule has 0 spiro atoms. The molecule has 0 unspecified atom stereocenters. The van der Waals surface area contributed by atoms with Crippen molar-refractivity contribution in [3.05, 3.63) is 35.9 Å². The van der Waals surface area contributed by atoms with Gasteiger partial charge in [0.1, 0.15) is 0 Å². The lowest BCUT2D eigenvalue weighted by molar-refractivity contribution is -0.0847. The molecule has 25 heavy (non-hydrogen) atoms. The highest BCUT2D eigenvalue weighted by Crippen LogP contribution is 2.22. The summed E-state index contributed by atoms with van der Waals surface area (Å²) >= 11 is 0. The molecule has 0 aliphatic carbocycles. The van der Waals surface area contributed by atoms with Crippen LogP contribution >= 0.6 is 0 Å². The lowest BCUT2D eigenvalue weighted by Crippen LogP contribution is -2.54. The van der Waals surface area contributed by atoms with Crippen molar-refractivity contribution >= 4 is 10.2 Å². The number of benzene rings is 1. The number of hydrogen-bond donors (Lipinski definition) is 1. The summed E-state index contributed by atoms with van der Waals surface area (Å²) in [5.74, 6) is 0. The van der Waals surface area contributed by atoms with E-state index in [1.54, 1.807) is 4.31 Å². The fraction of sp³-hybridized carbons (Fsp3) is 0.667. The SMILES string of the molecule is C[C@@H]1CN(C2CCN(S(=O)(=O)NCc3ccccc3)CC2)C[C@H](C)O1. The van der Waals surface area contributed by atoms with Gasteiger partial charge in [-0.3, -0.25) is 4.90 Å². The molecular weight excluding hydrogens is 338 g/mol. The Labute approximate surface area is 151 Å². The summed E-state index contributed by atoms with van der Waals surface area (Å²) in [4.78, 5) is 2.47. The summed E-state index contributed by atoms with van der Waals surface area (Å²) in [6, 6.07) is 10.1. The number of nitrogens with zero attached hydrogens (tertiary/aromatic N) is 2. The minimum absolute atomic E-state index is 0.248. The summed E-state index contributed by atoms with van der Waals surface area (Å²) in [6.07, 6.45) is 2.26. The van der Waals surface area contributed by atoms with E-state index in [0.717, 1.165) is 31.5 Å². The molecule has 0 radical (unpaired) electrons. The Kier molecular flexibility index (Phi) is 6.12. The average molecular weight is 368 g/mol. The lowest BCUT2D eigenvalue weighted by Gasteiger charge is -2.43. The number of morpholine rings is 1. The van der Waals surface area contributed by atoms with Crippen LogP contribution in [0.3, 0.4) is 0 Å². The van der Waals surface area contributed by atoms with Crippen LogP contribution in [0.2, 0.25) is 0 Å². The molecule has 2 heterocycles. The highest BCUT2D eigenvalue weighted by molar-refractivity contribution is 7.87. The van der Waals surface area contributed by atoms with E-state index in [0.29, 0.717) is 25.7 Å². The summed E-state index contributed by atoms with van der Waals surface area (Å²) in [5, 5.41) is 0. The third-order valence-corrected chi connectivity index (χ3v) is 6.58. The van der Waals surface area contributed by atoms with Crippen molar-refractivity contribution < 1.29 is 13.2 Å². The summed E-state index contributed by atoms with van der Waals surface area (Å²) in [5.41, 5.74) is 0.970. The van der Waals surface area contributed by atoms with Gasteiger partial charge >= 0.3 is 0 Å². The summed E-state index contributed by atoms with van der Waals surface area (Å²) < 4.78 is 35.2. The molecule has 0 saturated carbocycles. The zero-order valence-corrected chi connectivity index (χ0v) is 15.9. The van der Waals surface area contributed by atoms with Gasteiger partial charge in [-0.05, 0) is 32.3 Å². The number of hydrogen-bond acceptors (Lipinski definition) is 4. The predicted octanol–water partition coefficient (Wildman–Crippen LogP) is 1.59. The van der Waals surface area contributed by atoms with Crippen molar-refractivity contribution in [3.8, 4) is 0 Å². The second-order valence-corrected chi connectivity index (χ2v) is 8.91. The largest absolute Gasteiger partial charge is 0.373 e. The third-order valence-electron chi connectivity index (χ3n) is 5.03. The van der Waals surface area contributed by atoms with E-state index in [1.165, 1.54) is 0 Å². The molecule has 2 atom stereocenters. The quantitative estimate of drug-likeness (QED) is 0.859. The van der Waals surface area contributed by atoms with Crippen molar-refractivity contribution in [1.29, 1.82) is 0 Å². The van der Waals surface area contributed by atoms with E-state index in [4.69, 9.17) is 4.74 Å². The van der Waals surface area contributed by atoms with Gasteiger partial charge in [-0.15, -0.1) is 0 Å². The van der Waals surface area contributed by atoms with E-state index in [9.17, 15) is 8.42 Å². The standard InChI is InChI=1S/C18H29N3O3S/c1-15-13-20(14-16(2)24-15)18-8-10-21(11-9-18)25(22,23)19-12-17-6-4-3-5-7-17/h3-7,15-16,18-19H,8-14H2,1-2H3/t15-,16+. The number of nitrogens with one attached hydrogen (secondary N) is 1. The maximum Gasteiger partial charge on any atom is 0.279 e. The van der Waals surface area contributed by atoms with Crippen LogP contribution in [-0.2, 0) is 21.5 Å². The molecule has 0 aromatic heterocycles. The van der Waals surface area contributed by atoms with Gasteiger partial charge in [0.05, 0.1) is 12.2 Å². The van der Waals surface area contributed by atoms with E-state index in [-0.39, 0.29) is 12.2 Å². The van der Waals surface area contributed by atoms with Crippen molar-refractivity contribution in [2.24, 2.45) is 0 Å². The van der Waals surface area contributed by atoms with Crippen LogP contribution in [0.1, 0.15) is 32.3 Å². The maximum absolute atomic E-state index is 12.5. The maximum atomic E-state index is 12.5. The van der Waals surface area contributed by atoms with E-state index in [1.807, 2.05) is 30.3 Å². The molecule has 1 aromatic rings. The van der Waals surface area contributed by atoms with Gasteiger partial charge in [-0.25, -0.2) is 0 Å². The minimum Gasteiger partial charge on any atom is -0.373 e. The van der Waals surface area contributed by atoms with Gasteiger partial charge < -0.3 is 4.74 Å². The Morgan fingerprint density at radius 1 is 1.08 bits per heavy atom. The first-order chi connectivity index (χ1) is 11.9. The van der Waals surface area contributed by atoms with E-state index in [2.05, 4.69) is 23.5 Å². The van der Waals surface area contributed by atoms with Gasteiger partial charge in [-0.2, -0.15) is 17.4 Å². The Morgan fingerprint density at radius 2 is 1.68 bits per heavy atom. The summed E-state index contributed by atoms with van der Waals surface area (Å²) in [6.45, 7) is 7.58. The third kappa shape index (κ3) is 5.01. The number of rotatable bonds is 5. The fourth-order valence-corrected chi connectivity index (χ4v) is 5.05. The Balaban J connectivity index is 1.51. The predicted molar refractivity (Wildman–Crippen MR) is 98.4 cm³/mol. The Bertz CT molecular complexity index is 635. The van der Waals surface area contributed by atoms with Crippen molar-refractivity contribution in [1.82, 2.24) is 13.9 Å². The van der Waals surface area contributed by atoms with Crippen LogP contribution in [0, 0.1) is 0 Å². The Hall–Kier alpha value is -0.990. The molecule has 140 valence electrons. The van der Waals surface area contributed by atoms with Crippen molar-refractivity contribution in [2.75, 3.05) is 26.2 Å². The second-order valence-electron chi connectivity index (χ2n) is 7.15. The smallest absolute Gasteiger partial charge is 0.279 e. The normalized spacial score (nSPS) is 27.4. The molecule has 1 aromatic carbocycles. The zero-order valence-electron chi connectivity index (χ0n) is 15.1. The molecule has 2 fully saturated rings. The van der Waals surface area contributed by atoms with Crippen LogP contribution in [0.15, 0.2) is 30.3 Å². The first-order valence-electron chi connectivity index (χ1n) is 9.12. The lowest BCUT2D eigenvalue weighted by atomic mass is 10.0. The summed E-state index contributed by atoms with van der Waals surface area (Å²) in [7, 11) is -3.42. The van der Waals surface area contributed by atoms with Crippen LogP contribution in [0.25, 0.3) is 0 Å². The molecule has 2 aliphatic rings. The highest BCUT2D eigenvalue weighted by Gasteiger charge is 2.33. The first kappa shape index (κ1) is 18.8. The van der Waals surface area contributed by atoms with Crippen molar-refractivity contribution in [2.45, 2.75) is 51.5 Å².